The van der Waals surface area contributed by atoms with Crippen LogP contribution in [0.4, 0.5) is 5.69 Å². The van der Waals surface area contributed by atoms with E-state index in [-0.39, 0.29) is 11.8 Å². The van der Waals surface area contributed by atoms with Crippen molar-refractivity contribution in [2.75, 3.05) is 25.7 Å². The Hall–Kier alpha value is -3.02. The lowest BCUT2D eigenvalue weighted by Crippen LogP contribution is -2.25. The van der Waals surface area contributed by atoms with E-state index in [1.807, 2.05) is 30.3 Å². The number of methoxy groups -OCH3 is 2. The van der Waals surface area contributed by atoms with Crippen molar-refractivity contribution >= 4 is 17.5 Å². The van der Waals surface area contributed by atoms with Crippen LogP contribution in [-0.4, -0.2) is 32.6 Å². The third kappa shape index (κ3) is 3.79. The van der Waals surface area contributed by atoms with Crippen LogP contribution in [0, 0.1) is 0 Å². The summed E-state index contributed by atoms with van der Waals surface area (Å²) in [5, 5.41) is 2.89. The molecule has 0 radical (unpaired) electrons. The van der Waals surface area contributed by atoms with Gasteiger partial charge in [0, 0.05) is 30.8 Å². The van der Waals surface area contributed by atoms with Crippen molar-refractivity contribution in [2.24, 2.45) is 0 Å². The minimum absolute atomic E-state index is 0.135. The number of rotatable bonds is 6. The zero-order chi connectivity index (χ0) is 18.5. The Morgan fingerprint density at radius 3 is 2.42 bits per heavy atom. The summed E-state index contributed by atoms with van der Waals surface area (Å²) in [5.74, 6) is 1.24. The molecule has 1 aliphatic heterocycles. The van der Waals surface area contributed by atoms with E-state index in [0.29, 0.717) is 30.0 Å². The average molecular weight is 354 g/mol. The Bertz CT molecular complexity index is 802. The Morgan fingerprint density at radius 1 is 1.08 bits per heavy atom. The maximum Gasteiger partial charge on any atom is 0.251 e. The van der Waals surface area contributed by atoms with Gasteiger partial charge in [-0.2, -0.15) is 0 Å². The van der Waals surface area contributed by atoms with Crippen molar-refractivity contribution in [1.29, 1.82) is 0 Å². The number of hydrogen-bond donors (Lipinski definition) is 1. The molecule has 0 saturated carbocycles. The molecule has 0 aromatic heterocycles. The second-order valence-corrected chi connectivity index (χ2v) is 6.07. The topological polar surface area (TPSA) is 67.9 Å². The van der Waals surface area contributed by atoms with Crippen molar-refractivity contribution in [1.82, 2.24) is 5.32 Å². The van der Waals surface area contributed by atoms with Gasteiger partial charge in [-0.15, -0.1) is 0 Å². The second-order valence-electron chi connectivity index (χ2n) is 6.07. The average Bonchev–Trinajstić information content (AvgIpc) is 3.11. The number of hydrogen-bond acceptors (Lipinski definition) is 4. The summed E-state index contributed by atoms with van der Waals surface area (Å²) >= 11 is 0. The van der Waals surface area contributed by atoms with E-state index in [2.05, 4.69) is 5.32 Å². The Balaban J connectivity index is 1.62. The largest absolute Gasteiger partial charge is 0.493 e. The lowest BCUT2D eigenvalue weighted by atomic mass is 10.1. The highest BCUT2D eigenvalue weighted by Crippen LogP contribution is 2.27. The van der Waals surface area contributed by atoms with E-state index in [1.54, 1.807) is 31.3 Å². The van der Waals surface area contributed by atoms with Crippen LogP contribution in [-0.2, 0) is 11.3 Å². The first-order valence-corrected chi connectivity index (χ1v) is 8.52. The van der Waals surface area contributed by atoms with Crippen LogP contribution in [0.1, 0.15) is 28.8 Å². The molecule has 3 rings (SSSR count). The zero-order valence-corrected chi connectivity index (χ0v) is 15.0. The minimum atomic E-state index is -0.168. The fraction of sp³-hybridized carbons (Fsp3) is 0.300. The molecule has 6 heteroatoms. The highest BCUT2D eigenvalue weighted by molar-refractivity contribution is 5.97. The van der Waals surface area contributed by atoms with Crippen LogP contribution in [0.25, 0.3) is 0 Å². The number of anilines is 1. The normalized spacial score (nSPS) is 13.6. The van der Waals surface area contributed by atoms with E-state index >= 15 is 0 Å². The summed E-state index contributed by atoms with van der Waals surface area (Å²) in [4.78, 5) is 25.9. The van der Waals surface area contributed by atoms with Crippen LogP contribution >= 0.6 is 0 Å². The molecule has 2 aromatic rings. The summed E-state index contributed by atoms with van der Waals surface area (Å²) < 4.78 is 10.5. The van der Waals surface area contributed by atoms with E-state index in [0.717, 1.165) is 24.2 Å². The lowest BCUT2D eigenvalue weighted by molar-refractivity contribution is -0.117. The molecule has 1 aliphatic rings. The number of benzene rings is 2. The number of carbonyl (C=O) groups is 2. The Morgan fingerprint density at radius 2 is 1.81 bits per heavy atom. The van der Waals surface area contributed by atoms with Gasteiger partial charge in [-0.25, -0.2) is 0 Å². The summed E-state index contributed by atoms with van der Waals surface area (Å²) in [6.07, 6.45) is 1.47. The van der Waals surface area contributed by atoms with Crippen LogP contribution in [0.15, 0.2) is 42.5 Å². The molecule has 136 valence electrons. The predicted octanol–water partition coefficient (Wildman–Crippen LogP) is 2.76. The fourth-order valence-electron chi connectivity index (χ4n) is 2.99. The molecule has 6 nitrogen and oxygen atoms in total. The van der Waals surface area contributed by atoms with Gasteiger partial charge >= 0.3 is 0 Å². The summed E-state index contributed by atoms with van der Waals surface area (Å²) in [5.41, 5.74) is 2.31. The van der Waals surface area contributed by atoms with E-state index in [4.69, 9.17) is 9.47 Å². The van der Waals surface area contributed by atoms with Gasteiger partial charge in [0.2, 0.25) is 5.91 Å². The second kappa shape index (κ2) is 7.91. The molecular formula is C20H22N2O4. The van der Waals surface area contributed by atoms with E-state index in [9.17, 15) is 9.59 Å². The van der Waals surface area contributed by atoms with Gasteiger partial charge < -0.3 is 19.7 Å². The highest BCUT2D eigenvalue weighted by Gasteiger charge is 2.21. The number of amides is 2. The maximum atomic E-state index is 12.3. The van der Waals surface area contributed by atoms with Crippen molar-refractivity contribution in [3.05, 3.63) is 53.6 Å². The smallest absolute Gasteiger partial charge is 0.251 e. The van der Waals surface area contributed by atoms with Crippen LogP contribution in [0.5, 0.6) is 11.5 Å². The molecule has 2 aromatic carbocycles. The molecule has 2 amide bonds. The monoisotopic (exact) mass is 354 g/mol. The quantitative estimate of drug-likeness (QED) is 0.866. The standard InChI is InChI=1S/C20H22N2O4/c1-25-17-10-5-14(12-18(17)26-2)13-21-20(24)15-6-8-16(9-7-15)22-11-3-4-19(22)23/h5-10,12H,3-4,11,13H2,1-2H3,(H,21,24). The van der Waals surface area contributed by atoms with Crippen molar-refractivity contribution in [2.45, 2.75) is 19.4 Å². The number of nitrogens with one attached hydrogen (secondary N) is 1. The first-order chi connectivity index (χ1) is 12.6. The molecule has 26 heavy (non-hydrogen) atoms. The first kappa shape index (κ1) is 17.8. The van der Waals surface area contributed by atoms with Gasteiger partial charge in [-0.1, -0.05) is 6.07 Å². The zero-order valence-electron chi connectivity index (χ0n) is 15.0. The van der Waals surface area contributed by atoms with Crippen LogP contribution in [0.3, 0.4) is 0 Å². The highest BCUT2D eigenvalue weighted by atomic mass is 16.5. The van der Waals surface area contributed by atoms with Gasteiger partial charge in [0.25, 0.3) is 5.91 Å². The molecule has 0 unspecified atom stereocenters. The van der Waals surface area contributed by atoms with Gasteiger partial charge in [0.05, 0.1) is 14.2 Å². The molecule has 0 aliphatic carbocycles. The SMILES string of the molecule is COc1ccc(CNC(=O)c2ccc(N3CCCC3=O)cc2)cc1OC. The Kier molecular flexibility index (Phi) is 5.41. The summed E-state index contributed by atoms with van der Waals surface area (Å²) in [6, 6.07) is 12.6. The van der Waals surface area contributed by atoms with Crippen molar-refractivity contribution in [3.63, 3.8) is 0 Å². The molecule has 1 heterocycles. The fourth-order valence-corrected chi connectivity index (χ4v) is 2.99. The minimum Gasteiger partial charge on any atom is -0.493 e. The van der Waals surface area contributed by atoms with E-state index in [1.165, 1.54) is 0 Å². The third-order valence-corrected chi connectivity index (χ3v) is 4.42. The van der Waals surface area contributed by atoms with Gasteiger partial charge in [-0.05, 0) is 48.4 Å². The van der Waals surface area contributed by atoms with Gasteiger partial charge in [0.1, 0.15) is 0 Å². The molecular weight excluding hydrogens is 332 g/mol. The van der Waals surface area contributed by atoms with Crippen molar-refractivity contribution in [3.8, 4) is 11.5 Å². The summed E-state index contributed by atoms with van der Waals surface area (Å²) in [7, 11) is 3.16. The number of carbonyl (C=O) groups excluding carboxylic acids is 2. The number of nitrogens with zero attached hydrogens (tertiary/aromatic N) is 1. The third-order valence-electron chi connectivity index (χ3n) is 4.42. The molecule has 1 N–H and O–H groups in total. The van der Waals surface area contributed by atoms with Gasteiger partial charge in [-0.3, -0.25) is 9.59 Å². The first-order valence-electron chi connectivity index (χ1n) is 8.52. The Labute approximate surface area is 152 Å². The molecule has 1 saturated heterocycles. The molecule has 1 fully saturated rings. The van der Waals surface area contributed by atoms with Crippen LogP contribution < -0.4 is 19.7 Å². The van der Waals surface area contributed by atoms with Crippen molar-refractivity contribution < 1.29 is 19.1 Å². The van der Waals surface area contributed by atoms with Crippen LogP contribution in [0.2, 0.25) is 0 Å². The van der Waals surface area contributed by atoms with E-state index < -0.39 is 0 Å². The maximum absolute atomic E-state index is 12.3. The predicted molar refractivity (Wildman–Crippen MR) is 98.7 cm³/mol. The molecule has 0 spiro atoms. The molecule has 0 atom stereocenters. The molecule has 0 bridgehead atoms. The number of ether oxygens (including phenoxy) is 2. The summed E-state index contributed by atoms with van der Waals surface area (Å²) in [6.45, 7) is 1.12. The lowest BCUT2D eigenvalue weighted by Gasteiger charge is -2.16. The van der Waals surface area contributed by atoms with Gasteiger partial charge in [0.15, 0.2) is 11.5 Å².